The fraction of sp³-hybridized carbons (Fsp3) is 0.417. The molecule has 0 unspecified atom stereocenters. The third-order valence-electron chi connectivity index (χ3n) is 3.23. The Hall–Kier alpha value is -1.47. The number of rotatable bonds is 1. The summed E-state index contributed by atoms with van der Waals surface area (Å²) in [7, 11) is 1.25. The third kappa shape index (κ3) is 1.89. The highest BCUT2D eigenvalue weighted by molar-refractivity contribution is 5.89. The molecule has 1 aliphatic carbocycles. The van der Waals surface area contributed by atoms with Gasteiger partial charge >= 0.3 is 5.97 Å². The number of hydrogen-bond acceptors (Lipinski definition) is 6. The largest absolute Gasteiger partial charge is 0.465 e. The Labute approximate surface area is 104 Å². The normalized spacial score (nSPS) is 30.7. The standard InChI is InChI=1S/C12H15NO5/c1-18-12(17)5-2-3-6-7(4-5)9(14)11(16)10(15)8(6)13/h2-4,8-11,14-16H,13H2,1H3/t8-,9+,10+,11+/m0/s1. The van der Waals surface area contributed by atoms with Gasteiger partial charge in [-0.25, -0.2) is 4.79 Å². The Balaban J connectivity index is 2.49. The predicted molar refractivity (Wildman–Crippen MR) is 61.7 cm³/mol. The zero-order valence-electron chi connectivity index (χ0n) is 9.78. The Bertz CT molecular complexity index is 476. The van der Waals surface area contributed by atoms with E-state index >= 15 is 0 Å². The molecule has 1 aliphatic rings. The molecule has 6 heteroatoms. The number of methoxy groups -OCH3 is 1. The summed E-state index contributed by atoms with van der Waals surface area (Å²) in [6.45, 7) is 0. The molecule has 4 atom stereocenters. The third-order valence-corrected chi connectivity index (χ3v) is 3.23. The van der Waals surface area contributed by atoms with E-state index in [4.69, 9.17) is 5.73 Å². The molecule has 0 bridgehead atoms. The first-order chi connectivity index (χ1) is 8.47. The second-order valence-corrected chi connectivity index (χ2v) is 4.29. The second-order valence-electron chi connectivity index (χ2n) is 4.29. The van der Waals surface area contributed by atoms with Crippen molar-refractivity contribution in [3.63, 3.8) is 0 Å². The average Bonchev–Trinajstić information content (AvgIpc) is 2.41. The Morgan fingerprint density at radius 3 is 2.50 bits per heavy atom. The van der Waals surface area contributed by atoms with E-state index in [0.29, 0.717) is 11.1 Å². The van der Waals surface area contributed by atoms with Crippen molar-refractivity contribution in [2.24, 2.45) is 5.73 Å². The molecule has 1 aromatic carbocycles. The lowest BCUT2D eigenvalue weighted by atomic mass is 9.81. The molecule has 0 heterocycles. The van der Waals surface area contributed by atoms with E-state index in [9.17, 15) is 20.1 Å². The fourth-order valence-corrected chi connectivity index (χ4v) is 2.15. The van der Waals surface area contributed by atoms with Gasteiger partial charge in [-0.15, -0.1) is 0 Å². The molecule has 0 radical (unpaired) electrons. The van der Waals surface area contributed by atoms with Gasteiger partial charge in [0.25, 0.3) is 0 Å². The Morgan fingerprint density at radius 1 is 1.22 bits per heavy atom. The molecular formula is C12H15NO5. The summed E-state index contributed by atoms with van der Waals surface area (Å²) < 4.78 is 4.57. The maximum absolute atomic E-state index is 11.4. The van der Waals surface area contributed by atoms with Gasteiger partial charge in [-0.05, 0) is 23.3 Å². The lowest BCUT2D eigenvalue weighted by molar-refractivity contribution is -0.0797. The van der Waals surface area contributed by atoms with E-state index in [1.54, 1.807) is 6.07 Å². The molecule has 0 saturated carbocycles. The molecule has 0 amide bonds. The van der Waals surface area contributed by atoms with Crippen molar-refractivity contribution < 1.29 is 24.9 Å². The summed E-state index contributed by atoms with van der Waals surface area (Å²) in [6.07, 6.45) is -3.89. The summed E-state index contributed by atoms with van der Waals surface area (Å²) in [5.41, 5.74) is 6.86. The molecule has 5 N–H and O–H groups in total. The molecule has 0 aliphatic heterocycles. The van der Waals surface area contributed by atoms with Crippen LogP contribution in [0.1, 0.15) is 33.6 Å². The van der Waals surface area contributed by atoms with Crippen LogP contribution in [-0.2, 0) is 4.74 Å². The first-order valence-electron chi connectivity index (χ1n) is 5.49. The fourth-order valence-electron chi connectivity index (χ4n) is 2.15. The number of aliphatic hydroxyl groups is 3. The molecule has 2 rings (SSSR count). The number of fused-ring (bicyclic) bond motifs is 1. The van der Waals surface area contributed by atoms with Crippen LogP contribution >= 0.6 is 0 Å². The van der Waals surface area contributed by atoms with Gasteiger partial charge in [0.05, 0.1) is 18.7 Å². The van der Waals surface area contributed by atoms with Crippen LogP contribution in [0.4, 0.5) is 0 Å². The molecule has 6 nitrogen and oxygen atoms in total. The van der Waals surface area contributed by atoms with Crippen molar-refractivity contribution in [1.29, 1.82) is 0 Å². The topological polar surface area (TPSA) is 113 Å². The van der Waals surface area contributed by atoms with Crippen LogP contribution in [0.3, 0.4) is 0 Å². The Kier molecular flexibility index (Phi) is 3.36. The second kappa shape index (κ2) is 4.66. The van der Waals surface area contributed by atoms with Crippen LogP contribution in [0.15, 0.2) is 18.2 Å². The lowest BCUT2D eigenvalue weighted by Gasteiger charge is -2.35. The van der Waals surface area contributed by atoms with Gasteiger partial charge in [0, 0.05) is 0 Å². The quantitative estimate of drug-likeness (QED) is 0.489. The number of hydrogen-bond donors (Lipinski definition) is 4. The van der Waals surface area contributed by atoms with Gasteiger partial charge in [0.2, 0.25) is 0 Å². The lowest BCUT2D eigenvalue weighted by Crippen LogP contribution is -2.45. The highest BCUT2D eigenvalue weighted by Gasteiger charge is 2.38. The number of carbonyl (C=O) groups excluding carboxylic acids is 1. The number of benzene rings is 1. The number of nitrogens with two attached hydrogens (primary N) is 1. The predicted octanol–water partition coefficient (Wildman–Crippen LogP) is -0.758. The minimum atomic E-state index is -1.37. The highest BCUT2D eigenvalue weighted by Crippen LogP contribution is 2.35. The SMILES string of the molecule is COC(=O)c1ccc2c(c1)[C@@H](O)[C@@H](O)[C@H](O)[C@H]2N. The highest BCUT2D eigenvalue weighted by atomic mass is 16.5. The van der Waals surface area contributed by atoms with Crippen LogP contribution in [0.5, 0.6) is 0 Å². The van der Waals surface area contributed by atoms with Crippen LogP contribution in [-0.4, -0.2) is 40.6 Å². The van der Waals surface area contributed by atoms with E-state index in [2.05, 4.69) is 4.74 Å². The molecule has 0 aromatic heterocycles. The summed E-state index contributed by atoms with van der Waals surface area (Å²) in [4.78, 5) is 11.4. The average molecular weight is 253 g/mol. The van der Waals surface area contributed by atoms with Crippen molar-refractivity contribution in [2.45, 2.75) is 24.4 Å². The zero-order chi connectivity index (χ0) is 13.4. The first-order valence-corrected chi connectivity index (χ1v) is 5.49. The minimum Gasteiger partial charge on any atom is -0.465 e. The molecule has 0 fully saturated rings. The summed E-state index contributed by atoms with van der Waals surface area (Å²) in [5.74, 6) is -0.542. The van der Waals surface area contributed by atoms with Crippen molar-refractivity contribution in [3.05, 3.63) is 34.9 Å². The van der Waals surface area contributed by atoms with Crippen LogP contribution in [0.2, 0.25) is 0 Å². The summed E-state index contributed by atoms with van der Waals surface area (Å²) >= 11 is 0. The monoisotopic (exact) mass is 253 g/mol. The maximum atomic E-state index is 11.4. The molecule has 0 saturated heterocycles. The molecule has 0 spiro atoms. The molecule has 98 valence electrons. The van der Waals surface area contributed by atoms with Gasteiger partial charge in [0.15, 0.2) is 0 Å². The van der Waals surface area contributed by atoms with E-state index in [1.807, 2.05) is 0 Å². The maximum Gasteiger partial charge on any atom is 0.337 e. The van der Waals surface area contributed by atoms with Gasteiger partial charge in [-0.3, -0.25) is 0 Å². The van der Waals surface area contributed by atoms with Gasteiger partial charge in [-0.1, -0.05) is 6.07 Å². The van der Waals surface area contributed by atoms with Crippen molar-refractivity contribution in [3.8, 4) is 0 Å². The first kappa shape index (κ1) is 13.0. The Morgan fingerprint density at radius 2 is 1.89 bits per heavy atom. The van der Waals surface area contributed by atoms with E-state index in [0.717, 1.165) is 0 Å². The van der Waals surface area contributed by atoms with Crippen LogP contribution in [0.25, 0.3) is 0 Å². The molecule has 1 aromatic rings. The van der Waals surface area contributed by atoms with Crippen molar-refractivity contribution in [2.75, 3.05) is 7.11 Å². The number of carbonyl (C=O) groups is 1. The summed E-state index contributed by atoms with van der Waals surface area (Å²) in [5, 5.41) is 29.2. The number of esters is 1. The van der Waals surface area contributed by atoms with Crippen LogP contribution in [0, 0.1) is 0 Å². The van der Waals surface area contributed by atoms with Crippen LogP contribution < -0.4 is 5.73 Å². The van der Waals surface area contributed by atoms with E-state index in [-0.39, 0.29) is 5.56 Å². The minimum absolute atomic E-state index is 0.256. The van der Waals surface area contributed by atoms with Gasteiger partial charge in [0.1, 0.15) is 18.3 Å². The number of ether oxygens (including phenoxy) is 1. The zero-order valence-corrected chi connectivity index (χ0v) is 9.78. The van der Waals surface area contributed by atoms with E-state index in [1.165, 1.54) is 19.2 Å². The number of aliphatic hydroxyl groups excluding tert-OH is 3. The van der Waals surface area contributed by atoms with Crippen molar-refractivity contribution in [1.82, 2.24) is 0 Å². The smallest absolute Gasteiger partial charge is 0.337 e. The van der Waals surface area contributed by atoms with E-state index < -0.39 is 30.3 Å². The van der Waals surface area contributed by atoms with Gasteiger partial charge < -0.3 is 25.8 Å². The summed E-state index contributed by atoms with van der Waals surface area (Å²) in [6, 6.07) is 3.66. The van der Waals surface area contributed by atoms with Crippen molar-refractivity contribution >= 4 is 5.97 Å². The van der Waals surface area contributed by atoms with Gasteiger partial charge in [-0.2, -0.15) is 0 Å². The molecular weight excluding hydrogens is 238 g/mol. The molecule has 18 heavy (non-hydrogen) atoms.